The Morgan fingerprint density at radius 2 is 1.45 bits per heavy atom. The molecule has 6 nitrogen and oxygen atoms in total. The molecule has 0 unspecified atom stereocenters. The number of hydrogen-bond donors (Lipinski definition) is 0. The Kier molecular flexibility index (Phi) is 6.76. The fourth-order valence-corrected chi connectivity index (χ4v) is 5.98. The fourth-order valence-electron chi connectivity index (χ4n) is 3.99. The van der Waals surface area contributed by atoms with Crippen molar-refractivity contribution in [1.82, 2.24) is 9.21 Å². The van der Waals surface area contributed by atoms with Gasteiger partial charge in [0.1, 0.15) is 5.75 Å². The van der Waals surface area contributed by atoms with Crippen molar-refractivity contribution in [3.63, 3.8) is 0 Å². The van der Waals surface area contributed by atoms with Gasteiger partial charge in [-0.1, -0.05) is 18.2 Å². The summed E-state index contributed by atoms with van der Waals surface area (Å²) < 4.78 is 34.0. The van der Waals surface area contributed by atoms with Gasteiger partial charge >= 0.3 is 0 Å². The minimum absolute atomic E-state index is 0.0493. The van der Waals surface area contributed by atoms with E-state index in [4.69, 9.17) is 4.74 Å². The lowest BCUT2D eigenvalue weighted by atomic mass is 10.0. The molecule has 0 aromatic heterocycles. The maximum absolute atomic E-state index is 13.4. The summed E-state index contributed by atoms with van der Waals surface area (Å²) in [5.41, 5.74) is 5.66. The predicted molar refractivity (Wildman–Crippen MR) is 122 cm³/mol. The van der Waals surface area contributed by atoms with Crippen LogP contribution in [0.25, 0.3) is 0 Å². The van der Waals surface area contributed by atoms with Crippen LogP contribution in [-0.2, 0) is 14.8 Å². The van der Waals surface area contributed by atoms with Crippen molar-refractivity contribution in [3.8, 4) is 5.75 Å². The lowest BCUT2D eigenvalue weighted by Crippen LogP contribution is -2.51. The standard InChI is InChI=1S/C24H32N2O4S/c1-16-8-7-9-22(19(16)4)30-15-23(27)25-10-12-26(13-11-25)31(28,29)24-20(5)17(2)14-18(3)21(24)6/h7-9,14H,10-13,15H2,1-6H3. The first-order valence-electron chi connectivity index (χ1n) is 10.6. The van der Waals surface area contributed by atoms with E-state index in [2.05, 4.69) is 0 Å². The van der Waals surface area contributed by atoms with E-state index in [1.54, 1.807) is 4.90 Å². The molecule has 2 aromatic rings. The fraction of sp³-hybridized carbons (Fsp3) is 0.458. The van der Waals surface area contributed by atoms with Crippen molar-refractivity contribution in [2.75, 3.05) is 32.8 Å². The number of rotatable bonds is 5. The third-order valence-corrected chi connectivity index (χ3v) is 8.57. The van der Waals surface area contributed by atoms with Crippen molar-refractivity contribution >= 4 is 15.9 Å². The van der Waals surface area contributed by atoms with Gasteiger partial charge in [0.25, 0.3) is 5.91 Å². The van der Waals surface area contributed by atoms with Crippen LogP contribution in [0.4, 0.5) is 0 Å². The molecule has 1 aliphatic rings. The first kappa shape index (κ1) is 23.3. The topological polar surface area (TPSA) is 66.9 Å². The number of amides is 1. The first-order valence-corrected chi connectivity index (χ1v) is 12.0. The molecule has 0 spiro atoms. The van der Waals surface area contributed by atoms with Crippen LogP contribution in [0.3, 0.4) is 0 Å². The van der Waals surface area contributed by atoms with Gasteiger partial charge in [-0.05, 0) is 81.0 Å². The Labute approximate surface area is 185 Å². The van der Waals surface area contributed by atoms with E-state index in [0.717, 1.165) is 33.4 Å². The predicted octanol–water partition coefficient (Wildman–Crippen LogP) is 3.45. The number of sulfonamides is 1. The maximum atomic E-state index is 13.4. The largest absolute Gasteiger partial charge is 0.483 e. The first-order chi connectivity index (χ1) is 14.5. The number of ether oxygens (including phenoxy) is 1. The van der Waals surface area contributed by atoms with E-state index in [1.807, 2.05) is 65.8 Å². The Morgan fingerprint density at radius 1 is 0.871 bits per heavy atom. The molecule has 0 aliphatic carbocycles. The molecule has 0 N–H and O–H groups in total. The van der Waals surface area contributed by atoms with Crippen LogP contribution in [-0.4, -0.2) is 56.3 Å². The molecule has 0 radical (unpaired) electrons. The Hall–Kier alpha value is -2.38. The van der Waals surface area contributed by atoms with Gasteiger partial charge in [0.05, 0.1) is 4.90 Å². The van der Waals surface area contributed by atoms with Gasteiger partial charge in [0.2, 0.25) is 10.0 Å². The minimum Gasteiger partial charge on any atom is -0.483 e. The van der Waals surface area contributed by atoms with Crippen molar-refractivity contribution in [1.29, 1.82) is 0 Å². The number of nitrogens with zero attached hydrogens (tertiary/aromatic N) is 2. The number of carbonyl (C=O) groups is 1. The summed E-state index contributed by atoms with van der Waals surface area (Å²) in [5, 5.41) is 0. The molecule has 31 heavy (non-hydrogen) atoms. The molecule has 168 valence electrons. The molecule has 7 heteroatoms. The molecule has 3 rings (SSSR count). The Morgan fingerprint density at radius 3 is 2.03 bits per heavy atom. The molecule has 0 bridgehead atoms. The molecule has 2 aromatic carbocycles. The van der Waals surface area contributed by atoms with Gasteiger partial charge in [-0.2, -0.15) is 4.31 Å². The third kappa shape index (κ3) is 4.62. The monoisotopic (exact) mass is 444 g/mol. The number of aryl methyl sites for hydroxylation is 3. The van der Waals surface area contributed by atoms with Crippen molar-refractivity contribution in [2.24, 2.45) is 0 Å². The van der Waals surface area contributed by atoms with E-state index in [9.17, 15) is 13.2 Å². The van der Waals surface area contributed by atoms with E-state index >= 15 is 0 Å². The number of benzene rings is 2. The van der Waals surface area contributed by atoms with E-state index < -0.39 is 10.0 Å². The highest BCUT2D eigenvalue weighted by Gasteiger charge is 2.33. The molecule has 1 saturated heterocycles. The lowest BCUT2D eigenvalue weighted by molar-refractivity contribution is -0.134. The van der Waals surface area contributed by atoms with Crippen LogP contribution >= 0.6 is 0 Å². The van der Waals surface area contributed by atoms with Crippen molar-refractivity contribution in [3.05, 3.63) is 57.6 Å². The highest BCUT2D eigenvalue weighted by molar-refractivity contribution is 7.89. The normalized spacial score (nSPS) is 15.2. The average Bonchev–Trinajstić information content (AvgIpc) is 2.73. The van der Waals surface area contributed by atoms with Crippen molar-refractivity contribution in [2.45, 2.75) is 46.4 Å². The number of piperazine rings is 1. The molecular weight excluding hydrogens is 412 g/mol. The summed E-state index contributed by atoms with van der Waals surface area (Å²) in [5.74, 6) is 0.576. The zero-order valence-electron chi connectivity index (χ0n) is 19.3. The second-order valence-corrected chi connectivity index (χ2v) is 10.2. The van der Waals surface area contributed by atoms with Crippen molar-refractivity contribution < 1.29 is 17.9 Å². The molecule has 1 heterocycles. The number of carbonyl (C=O) groups excluding carboxylic acids is 1. The van der Waals surface area contributed by atoms with Gasteiger partial charge in [-0.15, -0.1) is 0 Å². The third-order valence-electron chi connectivity index (χ3n) is 6.39. The van der Waals surface area contributed by atoms with E-state index in [0.29, 0.717) is 23.7 Å². The zero-order chi connectivity index (χ0) is 22.9. The van der Waals surface area contributed by atoms with Gasteiger partial charge in [-0.25, -0.2) is 8.42 Å². The second kappa shape index (κ2) is 9.01. The number of hydrogen-bond acceptors (Lipinski definition) is 4. The summed E-state index contributed by atoms with van der Waals surface area (Å²) in [4.78, 5) is 14.7. The van der Waals surface area contributed by atoms with Crippen LogP contribution in [0, 0.1) is 41.5 Å². The van der Waals surface area contributed by atoms with Crippen LogP contribution in [0.15, 0.2) is 29.2 Å². The lowest BCUT2D eigenvalue weighted by Gasteiger charge is -2.34. The smallest absolute Gasteiger partial charge is 0.260 e. The van der Waals surface area contributed by atoms with Gasteiger partial charge in [-0.3, -0.25) is 4.79 Å². The zero-order valence-corrected chi connectivity index (χ0v) is 20.1. The SMILES string of the molecule is Cc1cccc(OCC(=O)N2CCN(S(=O)(=O)c3c(C)c(C)cc(C)c3C)CC2)c1C. The molecule has 1 fully saturated rings. The van der Waals surface area contributed by atoms with Gasteiger partial charge in [0.15, 0.2) is 6.61 Å². The second-order valence-electron chi connectivity index (χ2n) is 8.36. The summed E-state index contributed by atoms with van der Waals surface area (Å²) in [6.45, 7) is 12.8. The van der Waals surface area contributed by atoms with Crippen LogP contribution in [0.1, 0.15) is 33.4 Å². The molecule has 1 aliphatic heterocycles. The van der Waals surface area contributed by atoms with Gasteiger partial charge < -0.3 is 9.64 Å². The average molecular weight is 445 g/mol. The molecule has 0 saturated carbocycles. The highest BCUT2D eigenvalue weighted by Crippen LogP contribution is 2.29. The molecule has 1 amide bonds. The summed E-state index contributed by atoms with van der Waals surface area (Å²) in [6, 6.07) is 7.79. The summed E-state index contributed by atoms with van der Waals surface area (Å²) in [6.07, 6.45) is 0. The highest BCUT2D eigenvalue weighted by atomic mass is 32.2. The summed E-state index contributed by atoms with van der Waals surface area (Å²) in [7, 11) is -3.62. The van der Waals surface area contributed by atoms with Crippen LogP contribution in [0.5, 0.6) is 5.75 Å². The molecular formula is C24H32N2O4S. The summed E-state index contributed by atoms with van der Waals surface area (Å²) >= 11 is 0. The van der Waals surface area contributed by atoms with E-state index in [-0.39, 0.29) is 25.6 Å². The van der Waals surface area contributed by atoms with Crippen LogP contribution < -0.4 is 4.74 Å². The minimum atomic E-state index is -3.62. The molecule has 0 atom stereocenters. The Balaban J connectivity index is 1.66. The maximum Gasteiger partial charge on any atom is 0.260 e. The van der Waals surface area contributed by atoms with E-state index in [1.165, 1.54) is 4.31 Å². The van der Waals surface area contributed by atoms with Crippen LogP contribution in [0.2, 0.25) is 0 Å². The van der Waals surface area contributed by atoms with Gasteiger partial charge in [0, 0.05) is 26.2 Å². The quantitative estimate of drug-likeness (QED) is 0.709. The Bertz CT molecular complexity index is 1070.